The second-order valence-electron chi connectivity index (χ2n) is 12.1. The number of nitrogen functional groups attached to an aromatic ring is 1. The van der Waals surface area contributed by atoms with Gasteiger partial charge in [0.05, 0.1) is 29.8 Å². The fourth-order valence-electron chi connectivity index (χ4n) is 7.32. The molecule has 3 fully saturated rings. The highest BCUT2D eigenvalue weighted by Crippen LogP contribution is 2.46. The highest BCUT2D eigenvalue weighted by molar-refractivity contribution is 7.13. The molecule has 0 amide bonds. The van der Waals surface area contributed by atoms with Gasteiger partial charge in [0, 0.05) is 36.7 Å². The van der Waals surface area contributed by atoms with Gasteiger partial charge in [-0.2, -0.15) is 4.98 Å². The Kier molecular flexibility index (Phi) is 7.94. The maximum atomic E-state index is 11.4. The fourth-order valence-corrected chi connectivity index (χ4v) is 8.33. The molecule has 1 aliphatic carbocycles. The van der Waals surface area contributed by atoms with Crippen molar-refractivity contribution in [3.05, 3.63) is 58.4 Å². The van der Waals surface area contributed by atoms with Gasteiger partial charge in [0.15, 0.2) is 0 Å². The third-order valence-corrected chi connectivity index (χ3v) is 10.6. The van der Waals surface area contributed by atoms with Crippen molar-refractivity contribution in [1.29, 1.82) is 0 Å². The van der Waals surface area contributed by atoms with Crippen LogP contribution in [0.25, 0.3) is 21.6 Å². The van der Waals surface area contributed by atoms with E-state index in [4.69, 9.17) is 27.1 Å². The lowest BCUT2D eigenvalue weighted by molar-refractivity contribution is -0.0128. The Hall–Kier alpha value is -2.60. The molecule has 4 N–H and O–H groups in total. The van der Waals surface area contributed by atoms with E-state index < -0.39 is 12.2 Å². The number of ether oxygens (including phenoxy) is 1. The Morgan fingerprint density at radius 2 is 1.86 bits per heavy atom. The van der Waals surface area contributed by atoms with Gasteiger partial charge >= 0.3 is 0 Å². The van der Waals surface area contributed by atoms with E-state index in [9.17, 15) is 10.2 Å². The molecule has 11 heteroatoms. The van der Waals surface area contributed by atoms with Crippen LogP contribution in [-0.2, 0) is 11.2 Å². The Morgan fingerprint density at radius 1 is 1.05 bits per heavy atom. The van der Waals surface area contributed by atoms with E-state index in [-0.39, 0.29) is 23.1 Å². The first-order valence-electron chi connectivity index (χ1n) is 14.9. The van der Waals surface area contributed by atoms with E-state index in [0.29, 0.717) is 29.3 Å². The van der Waals surface area contributed by atoms with Gasteiger partial charge in [0.2, 0.25) is 5.28 Å². The molecule has 5 heterocycles. The smallest absolute Gasteiger partial charge is 0.226 e. The van der Waals surface area contributed by atoms with Crippen LogP contribution in [0.3, 0.4) is 0 Å². The number of anilines is 1. The van der Waals surface area contributed by atoms with Crippen molar-refractivity contribution >= 4 is 39.8 Å². The van der Waals surface area contributed by atoms with Crippen molar-refractivity contribution in [3.8, 4) is 10.6 Å². The molecule has 4 aromatic rings. The zero-order valence-electron chi connectivity index (χ0n) is 23.5. The average Bonchev–Trinajstić information content (AvgIpc) is 3.79. The predicted octanol–water partition coefficient (Wildman–Crippen LogP) is 4.41. The lowest BCUT2D eigenvalue weighted by atomic mass is 9.81. The van der Waals surface area contributed by atoms with Crippen LogP contribution in [0.5, 0.6) is 0 Å². The second-order valence-corrected chi connectivity index (χ2v) is 13.3. The van der Waals surface area contributed by atoms with Crippen LogP contribution >= 0.6 is 22.9 Å². The van der Waals surface area contributed by atoms with E-state index in [2.05, 4.69) is 32.4 Å². The van der Waals surface area contributed by atoms with Gasteiger partial charge in [0.1, 0.15) is 22.6 Å². The molecule has 1 saturated carbocycles. The Balaban J connectivity index is 1.14. The fraction of sp³-hybridized carbons (Fsp3) is 0.516. The van der Waals surface area contributed by atoms with Crippen LogP contribution in [0.15, 0.2) is 41.9 Å². The third kappa shape index (κ3) is 5.44. The minimum atomic E-state index is -0.924. The minimum absolute atomic E-state index is 0.00913. The van der Waals surface area contributed by atoms with Crippen molar-refractivity contribution in [2.45, 2.75) is 50.4 Å². The molecule has 2 saturated heterocycles. The summed E-state index contributed by atoms with van der Waals surface area (Å²) in [5.74, 6) is 1.28. The molecule has 0 bridgehead atoms. The highest BCUT2D eigenvalue weighted by Gasteiger charge is 2.47. The number of rotatable bonds is 7. The van der Waals surface area contributed by atoms with Crippen molar-refractivity contribution in [2.24, 2.45) is 17.8 Å². The van der Waals surface area contributed by atoms with Crippen molar-refractivity contribution in [3.63, 3.8) is 0 Å². The van der Waals surface area contributed by atoms with Gasteiger partial charge in [-0.3, -0.25) is 0 Å². The molecule has 3 aromatic heterocycles. The van der Waals surface area contributed by atoms with Gasteiger partial charge in [-0.15, -0.1) is 11.3 Å². The summed E-state index contributed by atoms with van der Waals surface area (Å²) in [7, 11) is 0. The number of halogens is 1. The molecule has 2 aliphatic heterocycles. The molecule has 3 aliphatic rings. The quantitative estimate of drug-likeness (QED) is 0.264. The monoisotopic (exact) mass is 608 g/mol. The second kappa shape index (κ2) is 11.8. The first-order valence-corrected chi connectivity index (χ1v) is 16.2. The summed E-state index contributed by atoms with van der Waals surface area (Å²) in [5.41, 5.74) is 9.96. The number of aliphatic hydroxyl groups is 2. The van der Waals surface area contributed by atoms with Gasteiger partial charge in [-0.05, 0) is 73.7 Å². The number of thiazole rings is 1. The van der Waals surface area contributed by atoms with Gasteiger partial charge in [-0.25, -0.2) is 9.97 Å². The number of fused-ring (bicyclic) bond motifs is 1. The number of aliphatic hydroxyl groups excluding tert-OH is 2. The summed E-state index contributed by atoms with van der Waals surface area (Å²) >= 11 is 7.84. The van der Waals surface area contributed by atoms with E-state index in [0.717, 1.165) is 74.8 Å². The number of nitrogens with two attached hydrogens (primary N) is 1. The summed E-state index contributed by atoms with van der Waals surface area (Å²) < 4.78 is 7.52. The standard InChI is InChI=1S/C31H37ClN6O3S/c32-31-35-28(33)25-23(30-34-21(17-42-30)12-18-4-2-1-3-5-18)15-38(29(25)36-31)24-13-22(26(39)27(24)40)20-6-9-37(10-7-20)14-19-8-11-41-16-19/h1-5,15,17,19-20,22,24,26-27,39-40H,6-14,16H2,(H2,33,35,36)/t19-,22+,24+,26+,27-/m0/s1. The summed E-state index contributed by atoms with van der Waals surface area (Å²) in [6.45, 7) is 4.89. The van der Waals surface area contributed by atoms with Crippen molar-refractivity contribution in [1.82, 2.24) is 24.4 Å². The zero-order valence-corrected chi connectivity index (χ0v) is 25.1. The van der Waals surface area contributed by atoms with Crippen molar-refractivity contribution in [2.75, 3.05) is 38.6 Å². The van der Waals surface area contributed by atoms with E-state index in [1.807, 2.05) is 29.0 Å². The SMILES string of the molecule is Nc1nc(Cl)nc2c1c(-c1nc(Cc3ccccc3)cs1)cn2[C@@H]1C[C@H](C2CCN(C[C@@H]3CCOC3)CC2)[C@@H](O)[C@H]1O. The summed E-state index contributed by atoms with van der Waals surface area (Å²) in [5, 5.41) is 26.3. The number of hydrogen-bond donors (Lipinski definition) is 3. The molecule has 0 spiro atoms. The van der Waals surface area contributed by atoms with Crippen LogP contribution in [0.4, 0.5) is 5.82 Å². The highest BCUT2D eigenvalue weighted by atomic mass is 35.5. The molecule has 42 heavy (non-hydrogen) atoms. The molecular formula is C31H37ClN6O3S. The molecule has 5 atom stereocenters. The number of aromatic nitrogens is 4. The van der Waals surface area contributed by atoms with E-state index in [1.165, 1.54) is 5.56 Å². The zero-order chi connectivity index (χ0) is 28.8. The van der Waals surface area contributed by atoms with E-state index >= 15 is 0 Å². The van der Waals surface area contributed by atoms with Crippen LogP contribution in [0.2, 0.25) is 5.28 Å². The Bertz CT molecular complexity index is 1530. The van der Waals surface area contributed by atoms with Crippen LogP contribution in [0, 0.1) is 17.8 Å². The molecule has 7 rings (SSSR count). The topological polar surface area (TPSA) is 123 Å². The molecule has 0 unspecified atom stereocenters. The lowest BCUT2D eigenvalue weighted by Crippen LogP contribution is -2.41. The van der Waals surface area contributed by atoms with E-state index in [1.54, 1.807) is 11.3 Å². The number of piperidine rings is 1. The first kappa shape index (κ1) is 28.2. The first-order chi connectivity index (χ1) is 20.4. The summed E-state index contributed by atoms with van der Waals surface area (Å²) in [4.78, 5) is 16.3. The number of benzene rings is 1. The number of hydrogen-bond acceptors (Lipinski definition) is 9. The number of nitrogens with zero attached hydrogens (tertiary/aromatic N) is 5. The molecule has 9 nitrogen and oxygen atoms in total. The Labute approximate surface area is 254 Å². The number of likely N-dealkylation sites (tertiary alicyclic amines) is 1. The third-order valence-electron chi connectivity index (χ3n) is 9.51. The van der Waals surface area contributed by atoms with Gasteiger partial charge in [-0.1, -0.05) is 30.3 Å². The lowest BCUT2D eigenvalue weighted by Gasteiger charge is -2.36. The molecule has 222 valence electrons. The maximum Gasteiger partial charge on any atom is 0.226 e. The Morgan fingerprint density at radius 3 is 2.62 bits per heavy atom. The largest absolute Gasteiger partial charge is 0.390 e. The predicted molar refractivity (Wildman–Crippen MR) is 165 cm³/mol. The minimum Gasteiger partial charge on any atom is -0.390 e. The molecular weight excluding hydrogens is 572 g/mol. The van der Waals surface area contributed by atoms with Crippen LogP contribution in [0.1, 0.15) is 43.0 Å². The maximum absolute atomic E-state index is 11.4. The normalized spacial score (nSPS) is 27.4. The van der Waals surface area contributed by atoms with Crippen LogP contribution in [-0.4, -0.2) is 79.7 Å². The van der Waals surface area contributed by atoms with Crippen molar-refractivity contribution < 1.29 is 14.9 Å². The molecule has 1 aromatic carbocycles. The summed E-state index contributed by atoms with van der Waals surface area (Å²) in [6.07, 6.45) is 4.83. The average molecular weight is 609 g/mol. The van der Waals surface area contributed by atoms with Gasteiger partial charge < -0.3 is 30.2 Å². The van der Waals surface area contributed by atoms with Crippen LogP contribution < -0.4 is 5.73 Å². The molecule has 0 radical (unpaired) electrons. The van der Waals surface area contributed by atoms with Gasteiger partial charge in [0.25, 0.3) is 0 Å². The summed E-state index contributed by atoms with van der Waals surface area (Å²) in [6, 6.07) is 9.90.